The summed E-state index contributed by atoms with van der Waals surface area (Å²) in [5.74, 6) is 0.888. The van der Waals surface area contributed by atoms with Crippen LogP contribution < -0.4 is 5.32 Å². The van der Waals surface area contributed by atoms with Crippen molar-refractivity contribution in [1.29, 1.82) is 0 Å². The molecule has 0 aliphatic heterocycles. The Morgan fingerprint density at radius 3 is 2.74 bits per heavy atom. The van der Waals surface area contributed by atoms with Crippen LogP contribution in [0.4, 0.5) is 5.82 Å². The van der Waals surface area contributed by atoms with Crippen LogP contribution in [0.1, 0.15) is 36.2 Å². The van der Waals surface area contributed by atoms with Gasteiger partial charge in [0.05, 0.1) is 17.1 Å². The van der Waals surface area contributed by atoms with Crippen LogP contribution in [0.15, 0.2) is 41.4 Å². The topological polar surface area (TPSA) is 81.1 Å². The molecule has 3 rings (SSSR count). The van der Waals surface area contributed by atoms with Crippen molar-refractivity contribution in [1.82, 2.24) is 9.78 Å². The molecule has 1 aromatic heterocycles. The summed E-state index contributed by atoms with van der Waals surface area (Å²) in [6.07, 6.45) is 5.15. The number of hydrogen-bond donors (Lipinski definition) is 1. The van der Waals surface area contributed by atoms with Crippen LogP contribution in [0.5, 0.6) is 0 Å². The molecule has 6 nitrogen and oxygen atoms in total. The maximum Gasteiger partial charge on any atom is 0.256 e. The number of nitrogens with one attached hydrogen (secondary N) is 1. The third-order valence-corrected chi connectivity index (χ3v) is 5.24. The number of rotatable bonds is 5. The zero-order chi connectivity index (χ0) is 16.6. The summed E-state index contributed by atoms with van der Waals surface area (Å²) in [7, 11) is -3.34. The molecule has 1 atom stereocenters. The molecule has 2 aromatic rings. The molecule has 1 N–H and O–H groups in total. The molecule has 0 saturated heterocycles. The van der Waals surface area contributed by atoms with Crippen LogP contribution in [-0.4, -0.2) is 30.4 Å². The Balaban J connectivity index is 1.81. The first-order valence-corrected chi connectivity index (χ1v) is 9.40. The van der Waals surface area contributed by atoms with Crippen molar-refractivity contribution in [3.05, 3.63) is 42.1 Å². The number of nitrogens with zero attached hydrogens (tertiary/aromatic N) is 2. The van der Waals surface area contributed by atoms with Crippen molar-refractivity contribution in [3.8, 4) is 0 Å². The molecule has 1 aliphatic rings. The first kappa shape index (κ1) is 15.7. The molecule has 122 valence electrons. The Morgan fingerprint density at radius 2 is 2.09 bits per heavy atom. The summed E-state index contributed by atoms with van der Waals surface area (Å²) in [6, 6.07) is 8.01. The van der Waals surface area contributed by atoms with Gasteiger partial charge >= 0.3 is 0 Å². The third kappa shape index (κ3) is 3.44. The largest absolute Gasteiger partial charge is 0.307 e. The van der Waals surface area contributed by atoms with E-state index in [1.165, 1.54) is 25.0 Å². The predicted molar refractivity (Wildman–Crippen MR) is 87.2 cm³/mol. The fraction of sp³-hybridized carbons (Fsp3) is 0.375. The van der Waals surface area contributed by atoms with Gasteiger partial charge in [-0.15, -0.1) is 0 Å². The second-order valence-electron chi connectivity index (χ2n) is 5.99. The fourth-order valence-corrected chi connectivity index (χ4v) is 3.24. The molecule has 7 heteroatoms. The van der Waals surface area contributed by atoms with Crippen molar-refractivity contribution in [2.24, 2.45) is 5.92 Å². The number of carbonyl (C=O) groups is 1. The highest BCUT2D eigenvalue weighted by Gasteiger charge is 2.30. The molecule has 0 radical (unpaired) electrons. The fourth-order valence-electron chi connectivity index (χ4n) is 2.57. The molecular formula is C16H19N3O3S. The Kier molecular flexibility index (Phi) is 3.97. The van der Waals surface area contributed by atoms with Gasteiger partial charge in [-0.05, 0) is 43.9 Å². The number of amides is 1. The summed E-state index contributed by atoms with van der Waals surface area (Å²) in [6.45, 7) is 2.09. The number of sulfone groups is 1. The summed E-state index contributed by atoms with van der Waals surface area (Å²) >= 11 is 0. The standard InChI is InChI=1S/C16H19N3O3S/c1-11(12-6-7-12)19-15(8-9-17-19)18-16(20)13-4-3-5-14(10-13)23(2,21)22/h3-5,8-12H,6-7H2,1-2H3,(H,18,20)/t11-/m0/s1. The van der Waals surface area contributed by atoms with Crippen LogP contribution in [0.2, 0.25) is 0 Å². The van der Waals surface area contributed by atoms with Gasteiger partial charge < -0.3 is 5.32 Å². The van der Waals surface area contributed by atoms with Gasteiger partial charge in [-0.3, -0.25) is 4.79 Å². The van der Waals surface area contributed by atoms with Crippen LogP contribution in [0, 0.1) is 5.92 Å². The lowest BCUT2D eigenvalue weighted by atomic mass is 10.2. The Morgan fingerprint density at radius 1 is 1.35 bits per heavy atom. The minimum Gasteiger partial charge on any atom is -0.307 e. The molecular weight excluding hydrogens is 314 g/mol. The highest BCUT2D eigenvalue weighted by Crippen LogP contribution is 2.40. The second kappa shape index (κ2) is 5.81. The highest BCUT2D eigenvalue weighted by molar-refractivity contribution is 7.90. The van der Waals surface area contributed by atoms with Crippen molar-refractivity contribution >= 4 is 21.6 Å². The van der Waals surface area contributed by atoms with E-state index in [0.717, 1.165) is 6.26 Å². The quantitative estimate of drug-likeness (QED) is 0.911. The van der Waals surface area contributed by atoms with E-state index in [4.69, 9.17) is 0 Å². The van der Waals surface area contributed by atoms with E-state index >= 15 is 0 Å². The summed E-state index contributed by atoms with van der Waals surface area (Å²) < 4.78 is 25.0. The van der Waals surface area contributed by atoms with Crippen molar-refractivity contribution in [3.63, 3.8) is 0 Å². The first-order valence-electron chi connectivity index (χ1n) is 7.51. The van der Waals surface area contributed by atoms with Crippen LogP contribution in [0.3, 0.4) is 0 Å². The van der Waals surface area contributed by atoms with E-state index < -0.39 is 9.84 Å². The van der Waals surface area contributed by atoms with Gasteiger partial charge in [-0.25, -0.2) is 13.1 Å². The summed E-state index contributed by atoms with van der Waals surface area (Å²) in [4.78, 5) is 12.5. The van der Waals surface area contributed by atoms with Gasteiger partial charge in [0.2, 0.25) is 0 Å². The molecule has 1 aromatic carbocycles. The summed E-state index contributed by atoms with van der Waals surface area (Å²) in [5, 5.41) is 7.10. The monoisotopic (exact) mass is 333 g/mol. The van der Waals surface area contributed by atoms with E-state index in [1.54, 1.807) is 24.4 Å². The van der Waals surface area contributed by atoms with Gasteiger partial charge in [0.1, 0.15) is 5.82 Å². The van der Waals surface area contributed by atoms with Crippen molar-refractivity contribution < 1.29 is 13.2 Å². The average molecular weight is 333 g/mol. The van der Waals surface area contributed by atoms with Crippen LogP contribution >= 0.6 is 0 Å². The Hall–Kier alpha value is -2.15. The lowest BCUT2D eigenvalue weighted by Gasteiger charge is -2.15. The smallest absolute Gasteiger partial charge is 0.256 e. The molecule has 1 aliphatic carbocycles. The lowest BCUT2D eigenvalue weighted by Crippen LogP contribution is -2.18. The molecule has 0 bridgehead atoms. The van der Waals surface area contributed by atoms with E-state index in [9.17, 15) is 13.2 Å². The molecule has 0 spiro atoms. The minimum absolute atomic E-state index is 0.130. The van der Waals surface area contributed by atoms with Gasteiger partial charge in [0.25, 0.3) is 5.91 Å². The average Bonchev–Trinajstić information content (AvgIpc) is 3.26. The van der Waals surface area contributed by atoms with E-state index in [1.807, 2.05) is 4.68 Å². The van der Waals surface area contributed by atoms with Gasteiger partial charge in [0.15, 0.2) is 9.84 Å². The number of anilines is 1. The molecule has 1 amide bonds. The third-order valence-electron chi connectivity index (χ3n) is 4.13. The second-order valence-corrected chi connectivity index (χ2v) is 8.01. The van der Waals surface area contributed by atoms with Crippen LogP contribution in [-0.2, 0) is 9.84 Å². The maximum absolute atomic E-state index is 12.4. The molecule has 1 heterocycles. The number of benzene rings is 1. The normalized spacial score (nSPS) is 16.1. The maximum atomic E-state index is 12.4. The van der Waals surface area contributed by atoms with E-state index in [0.29, 0.717) is 17.3 Å². The van der Waals surface area contributed by atoms with Gasteiger partial charge in [-0.1, -0.05) is 6.07 Å². The molecule has 23 heavy (non-hydrogen) atoms. The Labute approximate surface area is 135 Å². The summed E-state index contributed by atoms with van der Waals surface area (Å²) in [5.41, 5.74) is 0.305. The lowest BCUT2D eigenvalue weighted by molar-refractivity contribution is 0.102. The number of aromatic nitrogens is 2. The number of hydrogen-bond acceptors (Lipinski definition) is 4. The van der Waals surface area contributed by atoms with Crippen LogP contribution in [0.25, 0.3) is 0 Å². The zero-order valence-corrected chi connectivity index (χ0v) is 13.9. The highest BCUT2D eigenvalue weighted by atomic mass is 32.2. The van der Waals surface area contributed by atoms with E-state index in [2.05, 4.69) is 17.3 Å². The predicted octanol–water partition coefficient (Wildman–Crippen LogP) is 2.51. The van der Waals surface area contributed by atoms with Gasteiger partial charge in [-0.2, -0.15) is 5.10 Å². The molecule has 1 fully saturated rings. The van der Waals surface area contributed by atoms with Gasteiger partial charge in [0, 0.05) is 17.9 Å². The molecule has 1 saturated carbocycles. The first-order chi connectivity index (χ1) is 10.9. The van der Waals surface area contributed by atoms with E-state index in [-0.39, 0.29) is 16.8 Å². The molecule has 0 unspecified atom stereocenters. The SMILES string of the molecule is C[C@@H](C1CC1)n1nccc1NC(=O)c1cccc(S(C)(=O)=O)c1. The minimum atomic E-state index is -3.34. The Bertz CT molecular complexity index is 838. The zero-order valence-electron chi connectivity index (χ0n) is 13.1. The van der Waals surface area contributed by atoms with Crippen molar-refractivity contribution in [2.75, 3.05) is 11.6 Å². The number of carbonyl (C=O) groups excluding carboxylic acids is 1. The van der Waals surface area contributed by atoms with Crippen molar-refractivity contribution in [2.45, 2.75) is 30.7 Å².